The van der Waals surface area contributed by atoms with Crippen LogP contribution in [0.25, 0.3) is 0 Å². The fourth-order valence-corrected chi connectivity index (χ4v) is 2.08. The number of imide groups is 1. The van der Waals surface area contributed by atoms with Crippen molar-refractivity contribution in [2.24, 2.45) is 0 Å². The smallest absolute Gasteiger partial charge is 0.246 e. The molecule has 1 aliphatic rings. The SMILES string of the molecule is CCC1NCC(=O)N(Cc2cncc(C)c2)C1=O. The van der Waals surface area contributed by atoms with Crippen LogP contribution in [0.15, 0.2) is 18.5 Å². The van der Waals surface area contributed by atoms with Gasteiger partial charge in [-0.15, -0.1) is 0 Å². The van der Waals surface area contributed by atoms with Crippen LogP contribution in [0.1, 0.15) is 24.5 Å². The standard InChI is InChI=1S/C13H17N3O2/c1-3-11-13(18)16(12(17)7-15-11)8-10-4-9(2)5-14-6-10/h4-6,11,15H,3,7-8H2,1-2H3. The Morgan fingerprint density at radius 3 is 2.89 bits per heavy atom. The van der Waals surface area contributed by atoms with Gasteiger partial charge in [0.1, 0.15) is 0 Å². The zero-order valence-electron chi connectivity index (χ0n) is 10.6. The fourth-order valence-electron chi connectivity index (χ4n) is 2.08. The van der Waals surface area contributed by atoms with E-state index < -0.39 is 0 Å². The van der Waals surface area contributed by atoms with Gasteiger partial charge in [0.2, 0.25) is 11.8 Å². The molecule has 1 unspecified atom stereocenters. The molecule has 2 heterocycles. The molecule has 1 N–H and O–H groups in total. The van der Waals surface area contributed by atoms with Gasteiger partial charge >= 0.3 is 0 Å². The van der Waals surface area contributed by atoms with E-state index in [4.69, 9.17) is 0 Å². The molecule has 1 aromatic rings. The van der Waals surface area contributed by atoms with Crippen molar-refractivity contribution in [2.75, 3.05) is 6.54 Å². The van der Waals surface area contributed by atoms with Gasteiger partial charge in [-0.3, -0.25) is 24.8 Å². The van der Waals surface area contributed by atoms with E-state index in [9.17, 15) is 9.59 Å². The summed E-state index contributed by atoms with van der Waals surface area (Å²) in [6, 6.07) is 1.69. The molecule has 0 spiro atoms. The van der Waals surface area contributed by atoms with Crippen molar-refractivity contribution in [1.29, 1.82) is 0 Å². The van der Waals surface area contributed by atoms with Crippen LogP contribution in [-0.4, -0.2) is 34.3 Å². The maximum atomic E-state index is 12.1. The lowest BCUT2D eigenvalue weighted by Crippen LogP contribution is -2.57. The highest BCUT2D eigenvalue weighted by atomic mass is 16.2. The van der Waals surface area contributed by atoms with Gasteiger partial charge in [0.25, 0.3) is 0 Å². The summed E-state index contributed by atoms with van der Waals surface area (Å²) in [7, 11) is 0. The molecule has 96 valence electrons. The molecular weight excluding hydrogens is 230 g/mol. The van der Waals surface area contributed by atoms with Crippen LogP contribution in [0, 0.1) is 6.92 Å². The molecule has 0 radical (unpaired) electrons. The number of aromatic nitrogens is 1. The first-order valence-electron chi connectivity index (χ1n) is 6.10. The normalized spacial score (nSPS) is 20.3. The Bertz CT molecular complexity index is 473. The summed E-state index contributed by atoms with van der Waals surface area (Å²) in [6.07, 6.45) is 4.13. The van der Waals surface area contributed by atoms with Crippen molar-refractivity contribution in [1.82, 2.24) is 15.2 Å². The molecule has 18 heavy (non-hydrogen) atoms. The first-order valence-corrected chi connectivity index (χ1v) is 6.10. The van der Waals surface area contributed by atoms with Crippen molar-refractivity contribution in [3.05, 3.63) is 29.6 Å². The third-order valence-corrected chi connectivity index (χ3v) is 3.05. The summed E-state index contributed by atoms with van der Waals surface area (Å²) in [5, 5.41) is 2.94. The van der Waals surface area contributed by atoms with Gasteiger partial charge in [0.15, 0.2) is 0 Å². The minimum absolute atomic E-state index is 0.143. The Kier molecular flexibility index (Phi) is 3.72. The second-order valence-corrected chi connectivity index (χ2v) is 4.53. The van der Waals surface area contributed by atoms with E-state index in [2.05, 4.69) is 10.3 Å². The average molecular weight is 247 g/mol. The number of carbonyl (C=O) groups excluding carboxylic acids is 2. The second-order valence-electron chi connectivity index (χ2n) is 4.53. The number of carbonyl (C=O) groups is 2. The summed E-state index contributed by atoms with van der Waals surface area (Å²) in [6.45, 7) is 4.40. The first-order chi connectivity index (χ1) is 8.61. The molecule has 1 saturated heterocycles. The molecule has 1 fully saturated rings. The van der Waals surface area contributed by atoms with Gasteiger partial charge < -0.3 is 0 Å². The van der Waals surface area contributed by atoms with Crippen molar-refractivity contribution in [3.8, 4) is 0 Å². The predicted molar refractivity (Wildman–Crippen MR) is 66.6 cm³/mol. The quantitative estimate of drug-likeness (QED) is 0.796. The van der Waals surface area contributed by atoms with Crippen molar-refractivity contribution < 1.29 is 9.59 Å². The number of hydrogen-bond donors (Lipinski definition) is 1. The Morgan fingerprint density at radius 2 is 2.22 bits per heavy atom. The van der Waals surface area contributed by atoms with Crippen LogP contribution < -0.4 is 5.32 Å². The summed E-state index contributed by atoms with van der Waals surface area (Å²) in [5.74, 6) is -0.318. The maximum absolute atomic E-state index is 12.1. The molecule has 1 aromatic heterocycles. The van der Waals surface area contributed by atoms with Gasteiger partial charge in [-0.1, -0.05) is 13.0 Å². The lowest BCUT2D eigenvalue weighted by Gasteiger charge is -2.31. The zero-order chi connectivity index (χ0) is 13.1. The highest BCUT2D eigenvalue weighted by Gasteiger charge is 2.32. The van der Waals surface area contributed by atoms with Crippen LogP contribution in [0.4, 0.5) is 0 Å². The average Bonchev–Trinajstić information content (AvgIpc) is 2.35. The zero-order valence-corrected chi connectivity index (χ0v) is 10.6. The number of piperazine rings is 1. The number of amides is 2. The minimum Gasteiger partial charge on any atom is -0.297 e. The van der Waals surface area contributed by atoms with Crippen molar-refractivity contribution in [2.45, 2.75) is 32.9 Å². The van der Waals surface area contributed by atoms with E-state index in [-0.39, 0.29) is 24.4 Å². The van der Waals surface area contributed by atoms with E-state index in [1.807, 2.05) is 19.9 Å². The molecule has 2 amide bonds. The Balaban J connectivity index is 2.15. The highest BCUT2D eigenvalue weighted by molar-refractivity contribution is 6.01. The Labute approximate surface area is 106 Å². The lowest BCUT2D eigenvalue weighted by atomic mass is 10.1. The molecule has 0 aromatic carbocycles. The first kappa shape index (κ1) is 12.7. The molecule has 0 bridgehead atoms. The number of rotatable bonds is 3. The third kappa shape index (κ3) is 2.56. The molecule has 1 atom stereocenters. The molecule has 5 heteroatoms. The number of aryl methyl sites for hydroxylation is 1. The number of nitrogens with one attached hydrogen (secondary N) is 1. The predicted octanol–water partition coefficient (Wildman–Crippen LogP) is 0.627. The topological polar surface area (TPSA) is 62.3 Å². The molecule has 5 nitrogen and oxygen atoms in total. The van der Waals surface area contributed by atoms with Crippen LogP contribution in [0.3, 0.4) is 0 Å². The summed E-state index contributed by atoms with van der Waals surface area (Å²) >= 11 is 0. The van der Waals surface area contributed by atoms with Crippen LogP contribution in [0.5, 0.6) is 0 Å². The molecule has 1 aliphatic heterocycles. The largest absolute Gasteiger partial charge is 0.297 e. The third-order valence-electron chi connectivity index (χ3n) is 3.05. The summed E-state index contributed by atoms with van der Waals surface area (Å²) < 4.78 is 0. The minimum atomic E-state index is -0.250. The molecule has 2 rings (SSSR count). The lowest BCUT2D eigenvalue weighted by molar-refractivity contribution is -0.150. The van der Waals surface area contributed by atoms with Gasteiger partial charge in [0.05, 0.1) is 19.1 Å². The van der Waals surface area contributed by atoms with E-state index in [0.29, 0.717) is 13.0 Å². The van der Waals surface area contributed by atoms with Crippen molar-refractivity contribution in [3.63, 3.8) is 0 Å². The van der Waals surface area contributed by atoms with E-state index in [1.165, 1.54) is 4.90 Å². The van der Waals surface area contributed by atoms with E-state index >= 15 is 0 Å². The molecule has 0 saturated carbocycles. The number of pyridine rings is 1. The highest BCUT2D eigenvalue weighted by Crippen LogP contribution is 2.11. The van der Waals surface area contributed by atoms with Crippen LogP contribution in [-0.2, 0) is 16.1 Å². The maximum Gasteiger partial charge on any atom is 0.246 e. The van der Waals surface area contributed by atoms with Gasteiger partial charge in [-0.25, -0.2) is 0 Å². The van der Waals surface area contributed by atoms with Gasteiger partial charge in [-0.05, 0) is 24.5 Å². The number of hydrogen-bond acceptors (Lipinski definition) is 4. The second kappa shape index (κ2) is 5.27. The molecular formula is C13H17N3O2. The monoisotopic (exact) mass is 247 g/mol. The van der Waals surface area contributed by atoms with E-state index in [0.717, 1.165) is 11.1 Å². The number of nitrogens with zero attached hydrogens (tertiary/aromatic N) is 2. The fraction of sp³-hybridized carbons (Fsp3) is 0.462. The Hall–Kier alpha value is -1.75. The van der Waals surface area contributed by atoms with Crippen molar-refractivity contribution >= 4 is 11.8 Å². The van der Waals surface area contributed by atoms with E-state index in [1.54, 1.807) is 12.4 Å². The summed E-state index contributed by atoms with van der Waals surface area (Å²) in [4.78, 5) is 29.3. The van der Waals surface area contributed by atoms with Gasteiger partial charge in [-0.2, -0.15) is 0 Å². The van der Waals surface area contributed by atoms with Gasteiger partial charge in [0, 0.05) is 12.4 Å². The molecule has 0 aliphatic carbocycles. The van der Waals surface area contributed by atoms with Crippen LogP contribution in [0.2, 0.25) is 0 Å². The van der Waals surface area contributed by atoms with Crippen LogP contribution >= 0.6 is 0 Å². The Morgan fingerprint density at radius 1 is 1.44 bits per heavy atom. The summed E-state index contributed by atoms with van der Waals surface area (Å²) in [5.41, 5.74) is 1.91.